The molecule has 1 heterocycles. The third-order valence-corrected chi connectivity index (χ3v) is 7.95. The number of carbonyl (C=O) groups is 2. The topological polar surface area (TPSA) is 89.9 Å². The maximum atomic E-state index is 12.3. The van der Waals surface area contributed by atoms with Crippen molar-refractivity contribution in [3.8, 4) is 0 Å². The lowest BCUT2D eigenvalue weighted by molar-refractivity contribution is -0.140. The molecule has 1 aliphatic rings. The Kier molecular flexibility index (Phi) is 9.21. The monoisotopic (exact) mass is 534 g/mol. The second-order valence-corrected chi connectivity index (χ2v) is 10.6. The van der Waals surface area contributed by atoms with Gasteiger partial charge in [0.15, 0.2) is 0 Å². The first kappa shape index (κ1) is 27.8. The number of carboxylic acids is 1. The summed E-state index contributed by atoms with van der Waals surface area (Å²) in [6.07, 6.45) is 2.40. The van der Waals surface area contributed by atoms with Gasteiger partial charge in [0.2, 0.25) is 5.91 Å². The maximum absolute atomic E-state index is 12.3. The Morgan fingerprint density at radius 3 is 1.97 bits per heavy atom. The van der Waals surface area contributed by atoms with E-state index in [1.807, 2.05) is 60.7 Å². The number of hydrogen-bond donors (Lipinski definition) is 3. The van der Waals surface area contributed by atoms with Gasteiger partial charge in [-0.05, 0) is 61.1 Å². The third-order valence-electron chi connectivity index (χ3n) is 7.69. The molecule has 0 spiro atoms. The molecule has 3 aromatic carbocycles. The molecular formula is C31H35ClN2O4. The number of aliphatic hydroxyl groups is 1. The van der Waals surface area contributed by atoms with Crippen LogP contribution in [0.4, 0.5) is 0 Å². The summed E-state index contributed by atoms with van der Waals surface area (Å²) in [5, 5.41) is 23.9. The molecule has 1 fully saturated rings. The van der Waals surface area contributed by atoms with Crippen LogP contribution >= 0.6 is 11.6 Å². The highest BCUT2D eigenvalue weighted by Crippen LogP contribution is 2.38. The number of piperidine rings is 1. The molecule has 4 rings (SSSR count). The number of likely N-dealkylation sites (tertiary alicyclic amines) is 1. The Hall–Kier alpha value is -3.19. The summed E-state index contributed by atoms with van der Waals surface area (Å²) in [6, 6.07) is 27.7. The number of carbonyl (C=O) groups excluding carboxylic acids is 1. The average molecular weight is 535 g/mol. The zero-order chi connectivity index (χ0) is 27.0. The van der Waals surface area contributed by atoms with Crippen LogP contribution in [-0.2, 0) is 20.6 Å². The van der Waals surface area contributed by atoms with E-state index in [1.54, 1.807) is 0 Å². The minimum absolute atomic E-state index is 0.309. The van der Waals surface area contributed by atoms with E-state index in [0.29, 0.717) is 24.4 Å². The largest absolute Gasteiger partial charge is 0.481 e. The summed E-state index contributed by atoms with van der Waals surface area (Å²) in [6.45, 7) is 2.75. The number of hydrogen-bond acceptors (Lipinski definition) is 4. The van der Waals surface area contributed by atoms with Crippen molar-refractivity contribution in [1.29, 1.82) is 0 Å². The minimum atomic E-state index is -1.14. The maximum Gasteiger partial charge on any atom is 0.312 e. The summed E-state index contributed by atoms with van der Waals surface area (Å²) in [5.74, 6) is -1.64. The van der Waals surface area contributed by atoms with Crippen molar-refractivity contribution in [3.63, 3.8) is 0 Å². The normalized spacial score (nSPS) is 15.6. The molecule has 0 unspecified atom stereocenters. The Morgan fingerprint density at radius 1 is 0.895 bits per heavy atom. The van der Waals surface area contributed by atoms with Crippen LogP contribution in [0.25, 0.3) is 0 Å². The standard InChI is InChI=1S/C31H35ClN2O4/c32-27-14-12-26(13-15-27)31(38)17-20-34(21-18-31)19-7-16-30(24-8-3-1-4-9-24,25-10-5-2-6-11-25)23-33-28(35)22-29(36)37/h1-6,8-15,38H,7,16-23H2,(H,33,35)(H,36,37). The second-order valence-electron chi connectivity index (χ2n) is 10.1. The predicted molar refractivity (Wildman–Crippen MR) is 149 cm³/mol. The zero-order valence-electron chi connectivity index (χ0n) is 21.5. The number of nitrogens with one attached hydrogen (secondary N) is 1. The van der Waals surface area contributed by atoms with E-state index >= 15 is 0 Å². The van der Waals surface area contributed by atoms with Gasteiger partial charge in [-0.25, -0.2) is 0 Å². The van der Waals surface area contributed by atoms with E-state index in [-0.39, 0.29) is 0 Å². The SMILES string of the molecule is O=C(O)CC(=O)NCC(CCCN1CCC(O)(c2ccc(Cl)cc2)CC1)(c1ccccc1)c1ccccc1. The molecule has 3 aromatic rings. The molecule has 200 valence electrons. The van der Waals surface area contributed by atoms with Gasteiger partial charge >= 0.3 is 5.97 Å². The first-order valence-electron chi connectivity index (χ1n) is 13.1. The van der Waals surface area contributed by atoms with Gasteiger partial charge < -0.3 is 20.4 Å². The molecule has 6 nitrogen and oxygen atoms in total. The molecule has 0 aromatic heterocycles. The highest BCUT2D eigenvalue weighted by atomic mass is 35.5. The molecule has 0 aliphatic carbocycles. The molecule has 0 saturated carbocycles. The molecule has 0 bridgehead atoms. The first-order chi connectivity index (χ1) is 18.3. The average Bonchev–Trinajstić information content (AvgIpc) is 2.93. The summed E-state index contributed by atoms with van der Waals surface area (Å²) < 4.78 is 0. The van der Waals surface area contributed by atoms with Crippen molar-refractivity contribution in [3.05, 3.63) is 107 Å². The zero-order valence-corrected chi connectivity index (χ0v) is 22.2. The lowest BCUT2D eigenvalue weighted by Gasteiger charge is -2.40. The molecule has 38 heavy (non-hydrogen) atoms. The van der Waals surface area contributed by atoms with Gasteiger partial charge in [-0.15, -0.1) is 0 Å². The van der Waals surface area contributed by atoms with E-state index < -0.39 is 29.3 Å². The number of carboxylic acid groups (broad SMARTS) is 1. The molecule has 0 radical (unpaired) electrons. The molecule has 1 amide bonds. The van der Waals surface area contributed by atoms with Gasteiger partial charge in [0, 0.05) is 30.1 Å². The quantitative estimate of drug-likeness (QED) is 0.302. The lowest BCUT2D eigenvalue weighted by Crippen LogP contribution is -2.44. The van der Waals surface area contributed by atoms with Crippen LogP contribution in [0.3, 0.4) is 0 Å². The Morgan fingerprint density at radius 2 is 1.45 bits per heavy atom. The van der Waals surface area contributed by atoms with E-state index in [0.717, 1.165) is 49.2 Å². The van der Waals surface area contributed by atoms with Crippen LogP contribution in [0.15, 0.2) is 84.9 Å². The third kappa shape index (κ3) is 6.81. The smallest absolute Gasteiger partial charge is 0.312 e. The fraction of sp³-hybridized carbons (Fsp3) is 0.355. The van der Waals surface area contributed by atoms with Gasteiger partial charge in [0.05, 0.1) is 5.60 Å². The van der Waals surface area contributed by atoms with Crippen LogP contribution < -0.4 is 5.32 Å². The molecule has 0 atom stereocenters. The van der Waals surface area contributed by atoms with Crippen molar-refractivity contribution >= 4 is 23.5 Å². The van der Waals surface area contributed by atoms with Gasteiger partial charge in [0.1, 0.15) is 6.42 Å². The summed E-state index contributed by atoms with van der Waals surface area (Å²) in [5.41, 5.74) is 1.73. The molecule has 3 N–H and O–H groups in total. The number of nitrogens with zero attached hydrogens (tertiary/aromatic N) is 1. The van der Waals surface area contributed by atoms with Crippen LogP contribution in [0.1, 0.15) is 48.8 Å². The Labute approximate surface area is 229 Å². The fourth-order valence-electron chi connectivity index (χ4n) is 5.51. The van der Waals surface area contributed by atoms with Crippen LogP contribution in [-0.4, -0.2) is 53.2 Å². The van der Waals surface area contributed by atoms with Crippen LogP contribution in [0, 0.1) is 0 Å². The number of benzene rings is 3. The van der Waals surface area contributed by atoms with Gasteiger partial charge in [0.25, 0.3) is 0 Å². The first-order valence-corrected chi connectivity index (χ1v) is 13.5. The molecule has 7 heteroatoms. The van der Waals surface area contributed by atoms with Gasteiger partial charge in [-0.3, -0.25) is 9.59 Å². The minimum Gasteiger partial charge on any atom is -0.481 e. The summed E-state index contributed by atoms with van der Waals surface area (Å²) in [4.78, 5) is 25.8. The highest BCUT2D eigenvalue weighted by Gasteiger charge is 2.36. The summed E-state index contributed by atoms with van der Waals surface area (Å²) in [7, 11) is 0. The van der Waals surface area contributed by atoms with E-state index in [2.05, 4.69) is 34.5 Å². The Balaban J connectivity index is 1.47. The van der Waals surface area contributed by atoms with Crippen molar-refractivity contribution in [2.75, 3.05) is 26.2 Å². The van der Waals surface area contributed by atoms with Crippen LogP contribution in [0.2, 0.25) is 5.02 Å². The van der Waals surface area contributed by atoms with Gasteiger partial charge in [-0.2, -0.15) is 0 Å². The predicted octanol–water partition coefficient (Wildman–Crippen LogP) is 4.98. The Bertz CT molecular complexity index is 1150. The van der Waals surface area contributed by atoms with Crippen LogP contribution in [0.5, 0.6) is 0 Å². The van der Waals surface area contributed by atoms with Crippen molar-refractivity contribution in [2.24, 2.45) is 0 Å². The van der Waals surface area contributed by atoms with Crippen molar-refractivity contribution < 1.29 is 19.8 Å². The molecule has 1 aliphatic heterocycles. The number of halogens is 1. The lowest BCUT2D eigenvalue weighted by atomic mass is 9.71. The van der Waals surface area contributed by atoms with Crippen molar-refractivity contribution in [1.82, 2.24) is 10.2 Å². The number of rotatable bonds is 11. The van der Waals surface area contributed by atoms with E-state index in [9.17, 15) is 14.7 Å². The van der Waals surface area contributed by atoms with E-state index in [1.165, 1.54) is 0 Å². The molecular weight excluding hydrogens is 500 g/mol. The second kappa shape index (κ2) is 12.6. The summed E-state index contributed by atoms with van der Waals surface area (Å²) >= 11 is 6.02. The fourth-order valence-corrected chi connectivity index (χ4v) is 5.64. The van der Waals surface area contributed by atoms with Crippen molar-refractivity contribution in [2.45, 2.75) is 43.1 Å². The number of aliphatic carboxylic acids is 1. The number of amides is 1. The van der Waals surface area contributed by atoms with E-state index in [4.69, 9.17) is 16.7 Å². The molecule has 1 saturated heterocycles. The highest BCUT2D eigenvalue weighted by molar-refractivity contribution is 6.30. The van der Waals surface area contributed by atoms with Gasteiger partial charge in [-0.1, -0.05) is 84.4 Å².